The van der Waals surface area contributed by atoms with Gasteiger partial charge in [0, 0.05) is 69.9 Å². The summed E-state index contributed by atoms with van der Waals surface area (Å²) < 4.78 is 16.7. The third-order valence-corrected chi connectivity index (χ3v) is 8.73. The van der Waals surface area contributed by atoms with Crippen molar-refractivity contribution in [3.05, 3.63) is 121 Å². The van der Waals surface area contributed by atoms with Gasteiger partial charge in [-0.1, -0.05) is 29.3 Å². The molecule has 13 nitrogen and oxygen atoms in total. The monoisotopic (exact) mass is 842 g/mol. The van der Waals surface area contributed by atoms with E-state index in [2.05, 4.69) is 62.5 Å². The van der Waals surface area contributed by atoms with Crippen LogP contribution in [0.1, 0.15) is 51.5 Å². The zero-order valence-electron chi connectivity index (χ0n) is 26.5. The second kappa shape index (κ2) is 16.4. The van der Waals surface area contributed by atoms with Crippen LogP contribution in [-0.2, 0) is 26.4 Å². The molecule has 0 atom stereocenters. The van der Waals surface area contributed by atoms with Crippen molar-refractivity contribution in [2.75, 3.05) is 0 Å². The van der Waals surface area contributed by atoms with Crippen LogP contribution in [0.5, 0.6) is 11.8 Å². The average Bonchev–Trinajstić information content (AvgIpc) is 3.54. The Hall–Kier alpha value is -4.62. The number of halogens is 4. The third kappa shape index (κ3) is 9.75. The van der Waals surface area contributed by atoms with E-state index < -0.39 is 17.4 Å². The largest absolute Gasteiger partial charge is 0.473 e. The zero-order valence-corrected chi connectivity index (χ0v) is 31.2. The Balaban J connectivity index is 1.16. The standard InChI is InChI=1S/C33H27Br2Cl2N9O4/c1-33(2,18-38)44-32(48)26-10-24(37)22(14-40-26)17-50-30-8-4-6-28(35)46(30)19-45-15-20(12-42-45)11-41-31(47)25-9-23(36)21(13-39-25)16-49-29-7-3-5-27(34)43-29/h3-10,12-15H,11,16-17,19H2,1-2H3,(H-,41,44,47,48)/p+1. The van der Waals surface area contributed by atoms with Gasteiger partial charge in [0.25, 0.3) is 16.4 Å². The van der Waals surface area contributed by atoms with Crippen molar-refractivity contribution in [1.29, 1.82) is 5.26 Å². The second-order valence-electron chi connectivity index (χ2n) is 11.2. The predicted octanol–water partition coefficient (Wildman–Crippen LogP) is 5.81. The smallest absolute Gasteiger partial charge is 0.370 e. The highest BCUT2D eigenvalue weighted by Gasteiger charge is 2.23. The predicted molar refractivity (Wildman–Crippen MR) is 189 cm³/mol. The molecule has 5 heterocycles. The molecule has 0 spiro atoms. The summed E-state index contributed by atoms with van der Waals surface area (Å²) in [4.78, 5) is 38.0. The maximum absolute atomic E-state index is 12.8. The van der Waals surface area contributed by atoms with E-state index >= 15 is 0 Å². The molecule has 5 aromatic rings. The Labute approximate surface area is 313 Å². The molecule has 17 heteroatoms. The normalized spacial score (nSPS) is 11.1. The summed E-state index contributed by atoms with van der Waals surface area (Å²) in [5.41, 5.74) is 1.11. The lowest BCUT2D eigenvalue weighted by molar-refractivity contribution is -0.718. The fraction of sp³-hybridized carbons (Fsp3) is 0.212. The van der Waals surface area contributed by atoms with Gasteiger partial charge in [0.15, 0.2) is 0 Å². The van der Waals surface area contributed by atoms with Gasteiger partial charge in [-0.05, 0) is 54.0 Å². The Kier molecular flexibility index (Phi) is 12.0. The highest BCUT2D eigenvalue weighted by atomic mass is 79.9. The number of aromatic nitrogens is 6. The second-order valence-corrected chi connectivity index (χ2v) is 13.7. The van der Waals surface area contributed by atoms with Crippen LogP contribution in [0.4, 0.5) is 0 Å². The maximum Gasteiger partial charge on any atom is 0.370 e. The van der Waals surface area contributed by atoms with Gasteiger partial charge in [0.1, 0.15) is 34.7 Å². The van der Waals surface area contributed by atoms with Crippen LogP contribution in [0.25, 0.3) is 0 Å². The fourth-order valence-electron chi connectivity index (χ4n) is 4.28. The number of carbonyl (C=O) groups is 2. The number of nitrogens with one attached hydrogen (secondary N) is 2. The molecule has 50 heavy (non-hydrogen) atoms. The Morgan fingerprint density at radius 1 is 0.960 bits per heavy atom. The van der Waals surface area contributed by atoms with Crippen molar-refractivity contribution >= 4 is 66.9 Å². The first-order chi connectivity index (χ1) is 23.9. The lowest BCUT2D eigenvalue weighted by Gasteiger charge is -2.17. The number of carbonyl (C=O) groups excluding carboxylic acids is 2. The summed E-state index contributed by atoms with van der Waals surface area (Å²) in [6.45, 7) is 3.86. The minimum absolute atomic E-state index is 0.0680. The van der Waals surface area contributed by atoms with E-state index in [1.54, 1.807) is 55.2 Å². The van der Waals surface area contributed by atoms with E-state index in [1.165, 1.54) is 24.5 Å². The lowest BCUT2D eigenvalue weighted by Crippen LogP contribution is -2.42. The summed E-state index contributed by atoms with van der Waals surface area (Å²) in [7, 11) is 0. The summed E-state index contributed by atoms with van der Waals surface area (Å²) in [6.07, 6.45) is 6.41. The number of pyridine rings is 4. The van der Waals surface area contributed by atoms with Gasteiger partial charge in [0.05, 0.1) is 28.4 Å². The van der Waals surface area contributed by atoms with Crippen molar-refractivity contribution in [3.8, 4) is 17.8 Å². The first kappa shape index (κ1) is 36.7. The van der Waals surface area contributed by atoms with Crippen molar-refractivity contribution in [2.24, 2.45) is 0 Å². The number of hydrogen-bond donors (Lipinski definition) is 2. The molecule has 2 N–H and O–H groups in total. The van der Waals surface area contributed by atoms with E-state index in [4.69, 9.17) is 32.7 Å². The van der Waals surface area contributed by atoms with E-state index in [0.29, 0.717) is 32.5 Å². The molecule has 0 aliphatic rings. The molecule has 0 saturated carbocycles. The molecule has 0 aliphatic carbocycles. The van der Waals surface area contributed by atoms with Crippen LogP contribution in [0.15, 0.2) is 82.5 Å². The van der Waals surface area contributed by atoms with Crippen LogP contribution in [0, 0.1) is 11.3 Å². The number of amides is 2. The number of rotatable bonds is 13. The molecule has 2 amide bonds. The number of nitriles is 1. The maximum atomic E-state index is 12.8. The van der Waals surface area contributed by atoms with E-state index in [9.17, 15) is 14.9 Å². The molecule has 5 rings (SSSR count). The van der Waals surface area contributed by atoms with Gasteiger partial charge in [-0.3, -0.25) is 19.6 Å². The SMILES string of the molecule is CC(C)(C#N)NC(=O)c1cc(Cl)c(COc2cccc(Br)[n+]2Cn2cc(CNC(=O)c3cc(Cl)c(COc4cccc(Br)n4)cn3)cn2)cn1. The Morgan fingerprint density at radius 2 is 1.62 bits per heavy atom. The molecule has 0 aromatic carbocycles. The molecule has 0 bridgehead atoms. The highest BCUT2D eigenvalue weighted by Crippen LogP contribution is 2.21. The van der Waals surface area contributed by atoms with Crippen LogP contribution in [-0.4, -0.2) is 42.1 Å². The van der Waals surface area contributed by atoms with Gasteiger partial charge in [-0.15, -0.1) is 4.57 Å². The summed E-state index contributed by atoms with van der Waals surface area (Å²) in [5.74, 6) is 0.0177. The molecule has 256 valence electrons. The summed E-state index contributed by atoms with van der Waals surface area (Å²) in [6, 6.07) is 15.7. The summed E-state index contributed by atoms with van der Waals surface area (Å²) in [5, 5.41) is 19.7. The molecule has 0 aliphatic heterocycles. The van der Waals surface area contributed by atoms with Gasteiger partial charge in [0.2, 0.25) is 12.5 Å². The van der Waals surface area contributed by atoms with E-state index in [0.717, 1.165) is 10.2 Å². The van der Waals surface area contributed by atoms with Gasteiger partial charge < -0.3 is 20.1 Å². The average molecular weight is 845 g/mol. The van der Waals surface area contributed by atoms with Crippen molar-refractivity contribution in [3.63, 3.8) is 0 Å². The van der Waals surface area contributed by atoms with Crippen LogP contribution < -0.4 is 24.7 Å². The number of hydrogen-bond acceptors (Lipinski definition) is 9. The third-order valence-electron chi connectivity index (χ3n) is 6.89. The number of ether oxygens (including phenoxy) is 2. The Morgan fingerprint density at radius 3 is 2.28 bits per heavy atom. The topological polar surface area (TPSA) is 161 Å². The van der Waals surface area contributed by atoms with Gasteiger partial charge >= 0.3 is 5.88 Å². The van der Waals surface area contributed by atoms with E-state index in [-0.39, 0.29) is 42.8 Å². The molecular weight excluding hydrogens is 817 g/mol. The van der Waals surface area contributed by atoms with Crippen LogP contribution in [0.3, 0.4) is 0 Å². The zero-order chi connectivity index (χ0) is 35.8. The molecular formula is C33H28Br2Cl2N9O4+. The molecule has 0 saturated heterocycles. The first-order valence-corrected chi connectivity index (χ1v) is 17.1. The number of nitrogens with zero attached hydrogens (tertiary/aromatic N) is 7. The van der Waals surface area contributed by atoms with Crippen molar-refractivity contribution in [2.45, 2.75) is 45.8 Å². The van der Waals surface area contributed by atoms with Gasteiger partial charge in [-0.25, -0.2) is 9.67 Å². The Bertz CT molecular complexity index is 2090. The fourth-order valence-corrected chi connectivity index (χ4v) is 5.46. The van der Waals surface area contributed by atoms with Crippen molar-refractivity contribution < 1.29 is 23.6 Å². The summed E-state index contributed by atoms with van der Waals surface area (Å²) >= 11 is 19.7. The molecule has 0 unspecified atom stereocenters. The van der Waals surface area contributed by atoms with Crippen LogP contribution in [0.2, 0.25) is 10.0 Å². The highest BCUT2D eigenvalue weighted by molar-refractivity contribution is 9.10. The van der Waals surface area contributed by atoms with E-state index in [1.807, 2.05) is 22.8 Å². The minimum atomic E-state index is -1.06. The molecule has 0 fully saturated rings. The quantitative estimate of drug-likeness (QED) is 0.110. The minimum Gasteiger partial charge on any atom is -0.473 e. The van der Waals surface area contributed by atoms with Gasteiger partial charge in [-0.2, -0.15) is 10.4 Å². The molecule has 0 radical (unpaired) electrons. The van der Waals surface area contributed by atoms with Crippen molar-refractivity contribution in [1.82, 2.24) is 35.4 Å². The van der Waals surface area contributed by atoms with Crippen LogP contribution >= 0.6 is 55.1 Å². The first-order valence-electron chi connectivity index (χ1n) is 14.8. The lowest BCUT2D eigenvalue weighted by atomic mass is 10.1. The molecule has 5 aromatic heterocycles.